The SMILES string of the molecule is Cc1cc2c(N3CCC(N)CC3)ncnc2s1. The molecule has 0 aliphatic carbocycles. The second kappa shape index (κ2) is 4.23. The summed E-state index contributed by atoms with van der Waals surface area (Å²) in [6.07, 6.45) is 3.77. The van der Waals surface area contributed by atoms with Gasteiger partial charge >= 0.3 is 0 Å². The van der Waals surface area contributed by atoms with Crippen molar-refractivity contribution in [2.45, 2.75) is 25.8 Å². The van der Waals surface area contributed by atoms with Crippen LogP contribution in [0, 0.1) is 6.92 Å². The summed E-state index contributed by atoms with van der Waals surface area (Å²) < 4.78 is 0. The van der Waals surface area contributed by atoms with E-state index in [1.54, 1.807) is 17.7 Å². The van der Waals surface area contributed by atoms with Crippen LogP contribution in [-0.4, -0.2) is 29.1 Å². The highest BCUT2D eigenvalue weighted by atomic mass is 32.1. The molecule has 0 spiro atoms. The molecule has 17 heavy (non-hydrogen) atoms. The Morgan fingerprint density at radius 3 is 2.88 bits per heavy atom. The monoisotopic (exact) mass is 248 g/mol. The summed E-state index contributed by atoms with van der Waals surface area (Å²) in [6.45, 7) is 4.12. The van der Waals surface area contributed by atoms with Crippen LogP contribution in [0.5, 0.6) is 0 Å². The molecular weight excluding hydrogens is 232 g/mol. The van der Waals surface area contributed by atoms with Crippen LogP contribution in [0.15, 0.2) is 12.4 Å². The van der Waals surface area contributed by atoms with E-state index in [9.17, 15) is 0 Å². The minimum absolute atomic E-state index is 0.354. The molecule has 1 aliphatic heterocycles. The van der Waals surface area contributed by atoms with Crippen LogP contribution < -0.4 is 10.6 Å². The zero-order chi connectivity index (χ0) is 11.8. The predicted molar refractivity (Wildman–Crippen MR) is 71.6 cm³/mol. The maximum Gasteiger partial charge on any atom is 0.140 e. The lowest BCUT2D eigenvalue weighted by molar-refractivity contribution is 0.499. The predicted octanol–water partition coefficient (Wildman–Crippen LogP) is 1.93. The van der Waals surface area contributed by atoms with Gasteiger partial charge in [0, 0.05) is 24.0 Å². The van der Waals surface area contributed by atoms with Crippen LogP contribution in [0.25, 0.3) is 10.2 Å². The Morgan fingerprint density at radius 2 is 2.12 bits per heavy atom. The number of aryl methyl sites for hydroxylation is 1. The lowest BCUT2D eigenvalue weighted by atomic mass is 10.1. The van der Waals surface area contributed by atoms with E-state index in [-0.39, 0.29) is 0 Å². The van der Waals surface area contributed by atoms with Crippen molar-refractivity contribution in [1.29, 1.82) is 0 Å². The fourth-order valence-electron chi connectivity index (χ4n) is 2.33. The summed E-state index contributed by atoms with van der Waals surface area (Å²) in [5, 5.41) is 1.19. The highest BCUT2D eigenvalue weighted by Crippen LogP contribution is 2.30. The van der Waals surface area contributed by atoms with E-state index in [4.69, 9.17) is 5.73 Å². The number of nitrogens with two attached hydrogens (primary N) is 1. The molecule has 0 atom stereocenters. The van der Waals surface area contributed by atoms with E-state index < -0.39 is 0 Å². The molecule has 0 aromatic carbocycles. The molecule has 0 amide bonds. The summed E-state index contributed by atoms with van der Waals surface area (Å²) in [4.78, 5) is 13.5. The number of piperidine rings is 1. The average molecular weight is 248 g/mol. The normalized spacial score (nSPS) is 17.9. The van der Waals surface area contributed by atoms with Gasteiger partial charge < -0.3 is 10.6 Å². The number of anilines is 1. The van der Waals surface area contributed by atoms with Crippen LogP contribution in [0.2, 0.25) is 0 Å². The molecule has 1 fully saturated rings. The summed E-state index contributed by atoms with van der Waals surface area (Å²) in [7, 11) is 0. The quantitative estimate of drug-likeness (QED) is 0.838. The summed E-state index contributed by atoms with van der Waals surface area (Å²) in [5.41, 5.74) is 5.93. The van der Waals surface area contributed by atoms with E-state index >= 15 is 0 Å². The Morgan fingerprint density at radius 1 is 1.35 bits per heavy atom. The van der Waals surface area contributed by atoms with Crippen LogP contribution >= 0.6 is 11.3 Å². The molecule has 2 N–H and O–H groups in total. The molecular formula is C12H16N4S. The Bertz CT molecular complexity index is 528. The minimum Gasteiger partial charge on any atom is -0.356 e. The van der Waals surface area contributed by atoms with Crippen molar-refractivity contribution in [1.82, 2.24) is 9.97 Å². The number of thiophene rings is 1. The van der Waals surface area contributed by atoms with Gasteiger partial charge in [-0.2, -0.15) is 0 Å². The van der Waals surface area contributed by atoms with Crippen LogP contribution in [0.3, 0.4) is 0 Å². The number of hydrogen-bond acceptors (Lipinski definition) is 5. The molecule has 3 rings (SSSR count). The maximum absolute atomic E-state index is 5.93. The first-order chi connectivity index (χ1) is 8.24. The minimum atomic E-state index is 0.354. The number of rotatable bonds is 1. The topological polar surface area (TPSA) is 55.0 Å². The van der Waals surface area contributed by atoms with Gasteiger partial charge in [0.25, 0.3) is 0 Å². The molecule has 2 aromatic heterocycles. The Hall–Kier alpha value is -1.20. The van der Waals surface area contributed by atoms with Crippen LogP contribution in [-0.2, 0) is 0 Å². The first kappa shape index (κ1) is 10.9. The summed E-state index contributed by atoms with van der Waals surface area (Å²) in [6, 6.07) is 2.54. The molecule has 3 heterocycles. The largest absolute Gasteiger partial charge is 0.356 e. The molecule has 4 nitrogen and oxygen atoms in total. The zero-order valence-corrected chi connectivity index (χ0v) is 10.7. The van der Waals surface area contributed by atoms with Crippen molar-refractivity contribution in [2.24, 2.45) is 5.73 Å². The van der Waals surface area contributed by atoms with Crippen molar-refractivity contribution in [2.75, 3.05) is 18.0 Å². The van der Waals surface area contributed by atoms with Crippen molar-refractivity contribution < 1.29 is 0 Å². The average Bonchev–Trinajstić information content (AvgIpc) is 2.70. The number of aromatic nitrogens is 2. The third-order valence-electron chi connectivity index (χ3n) is 3.27. The molecule has 1 aliphatic rings. The van der Waals surface area contributed by atoms with Gasteiger partial charge in [-0.3, -0.25) is 0 Å². The fourth-order valence-corrected chi connectivity index (χ4v) is 3.17. The lowest BCUT2D eigenvalue weighted by Gasteiger charge is -2.31. The van der Waals surface area contributed by atoms with Crippen LogP contribution in [0.4, 0.5) is 5.82 Å². The third kappa shape index (κ3) is 2.00. The van der Waals surface area contributed by atoms with Gasteiger partial charge in [0.05, 0.1) is 5.39 Å². The highest BCUT2D eigenvalue weighted by Gasteiger charge is 2.19. The van der Waals surface area contributed by atoms with Gasteiger partial charge in [0.2, 0.25) is 0 Å². The Balaban J connectivity index is 1.99. The van der Waals surface area contributed by atoms with Gasteiger partial charge in [0.15, 0.2) is 0 Å². The van der Waals surface area contributed by atoms with Crippen molar-refractivity contribution in [3.05, 3.63) is 17.3 Å². The summed E-state index contributed by atoms with van der Waals surface area (Å²) in [5.74, 6) is 1.08. The van der Waals surface area contributed by atoms with Crippen LogP contribution in [0.1, 0.15) is 17.7 Å². The van der Waals surface area contributed by atoms with Crippen molar-refractivity contribution >= 4 is 27.4 Å². The maximum atomic E-state index is 5.93. The number of hydrogen-bond donors (Lipinski definition) is 1. The van der Waals surface area contributed by atoms with E-state index in [1.807, 2.05) is 0 Å². The smallest absolute Gasteiger partial charge is 0.140 e. The zero-order valence-electron chi connectivity index (χ0n) is 9.89. The number of fused-ring (bicyclic) bond motifs is 1. The first-order valence-electron chi connectivity index (χ1n) is 5.96. The molecule has 0 bridgehead atoms. The second-order valence-electron chi connectivity index (χ2n) is 4.60. The molecule has 0 saturated carbocycles. The second-order valence-corrected chi connectivity index (χ2v) is 5.83. The molecule has 0 radical (unpaired) electrons. The van der Waals surface area contributed by atoms with Gasteiger partial charge in [-0.15, -0.1) is 11.3 Å². The van der Waals surface area contributed by atoms with Crippen molar-refractivity contribution in [3.63, 3.8) is 0 Å². The van der Waals surface area contributed by atoms with Gasteiger partial charge in [-0.1, -0.05) is 0 Å². The van der Waals surface area contributed by atoms with E-state index in [0.29, 0.717) is 6.04 Å². The van der Waals surface area contributed by atoms with Crippen molar-refractivity contribution in [3.8, 4) is 0 Å². The standard InChI is InChI=1S/C12H16N4S/c1-8-6-10-11(14-7-15-12(10)17-8)16-4-2-9(13)3-5-16/h6-7,9H,2-5,13H2,1H3. The van der Waals surface area contributed by atoms with Gasteiger partial charge in [-0.05, 0) is 25.8 Å². The molecule has 1 saturated heterocycles. The summed E-state index contributed by atoms with van der Waals surface area (Å²) >= 11 is 1.73. The van der Waals surface area contributed by atoms with Gasteiger partial charge in [0.1, 0.15) is 17.0 Å². The Kier molecular flexibility index (Phi) is 2.72. The molecule has 5 heteroatoms. The van der Waals surface area contributed by atoms with E-state index in [2.05, 4.69) is 27.9 Å². The van der Waals surface area contributed by atoms with Gasteiger partial charge in [-0.25, -0.2) is 9.97 Å². The first-order valence-corrected chi connectivity index (χ1v) is 6.77. The van der Waals surface area contributed by atoms with E-state index in [1.165, 1.54) is 10.3 Å². The number of nitrogens with zero attached hydrogens (tertiary/aromatic N) is 3. The fraction of sp³-hybridized carbons (Fsp3) is 0.500. The highest BCUT2D eigenvalue weighted by molar-refractivity contribution is 7.18. The van der Waals surface area contributed by atoms with E-state index in [0.717, 1.165) is 36.6 Å². The molecule has 2 aromatic rings. The Labute approximate surface area is 104 Å². The molecule has 0 unspecified atom stereocenters. The lowest BCUT2D eigenvalue weighted by Crippen LogP contribution is -2.40. The molecule has 90 valence electrons. The third-order valence-corrected chi connectivity index (χ3v) is 4.23.